The number of benzene rings is 1. The molecule has 2 aliphatic rings. The van der Waals surface area contributed by atoms with E-state index in [4.69, 9.17) is 43.4 Å². The number of nitrogens with two attached hydrogens (primary N) is 1. The van der Waals surface area contributed by atoms with Gasteiger partial charge in [-0.15, -0.1) is 0 Å². The second-order valence-corrected chi connectivity index (χ2v) is 15.4. The number of hydrogen-bond donors (Lipinski definition) is 1. The van der Waals surface area contributed by atoms with Crippen LogP contribution in [0, 0.1) is 5.92 Å². The van der Waals surface area contributed by atoms with Gasteiger partial charge in [0.05, 0.1) is 23.8 Å². The van der Waals surface area contributed by atoms with E-state index in [2.05, 4.69) is 24.7 Å². The van der Waals surface area contributed by atoms with Crippen molar-refractivity contribution in [1.82, 2.24) is 24.8 Å². The second-order valence-electron chi connectivity index (χ2n) is 12.2. The first kappa shape index (κ1) is 35.1. The molecule has 2 aromatic heterocycles. The number of carbonyl (C=O) groups excluding carboxylic acids is 1. The molecule has 1 unspecified atom stereocenters. The number of halogens is 2. The van der Waals surface area contributed by atoms with Gasteiger partial charge in [-0.2, -0.15) is 0 Å². The van der Waals surface area contributed by atoms with Gasteiger partial charge in [0.1, 0.15) is 15.9 Å². The summed E-state index contributed by atoms with van der Waals surface area (Å²) in [7, 11) is -2.94. The number of primary amides is 1. The fourth-order valence-corrected chi connectivity index (χ4v) is 7.22. The number of nitrogens with zero attached hydrogens (tertiary/aromatic N) is 6. The van der Waals surface area contributed by atoms with E-state index in [1.165, 1.54) is 6.26 Å². The van der Waals surface area contributed by atoms with Crippen LogP contribution >= 0.6 is 23.2 Å². The Morgan fingerprint density at radius 1 is 0.979 bits per heavy atom. The maximum absolute atomic E-state index is 11.4. The summed E-state index contributed by atoms with van der Waals surface area (Å²) >= 11 is 12.7. The highest BCUT2D eigenvalue weighted by Gasteiger charge is 2.26. The monoisotopic (exact) mass is 705 g/mol. The fourth-order valence-electron chi connectivity index (χ4n) is 6.04. The molecule has 1 aromatic carbocycles. The summed E-state index contributed by atoms with van der Waals surface area (Å²) in [6, 6.07) is 9.24. The minimum absolute atomic E-state index is 0.206. The van der Waals surface area contributed by atoms with E-state index >= 15 is 0 Å². The molecule has 47 heavy (non-hydrogen) atoms. The zero-order chi connectivity index (χ0) is 33.6. The number of piperazine rings is 1. The molecule has 5 rings (SSSR count). The van der Waals surface area contributed by atoms with Crippen LogP contribution in [0.1, 0.15) is 31.7 Å². The summed E-state index contributed by atoms with van der Waals surface area (Å²) in [6.45, 7) is 8.15. The normalized spacial score (nSPS) is 17.4. The Morgan fingerprint density at radius 2 is 1.64 bits per heavy atom. The van der Waals surface area contributed by atoms with Crippen LogP contribution in [0.2, 0.25) is 10.0 Å². The predicted octanol–water partition coefficient (Wildman–Crippen LogP) is 4.89. The minimum atomic E-state index is -2.94. The molecule has 1 amide bonds. The van der Waals surface area contributed by atoms with Crippen molar-refractivity contribution in [1.29, 1.82) is 0 Å². The highest BCUT2D eigenvalue weighted by atomic mass is 35.5. The van der Waals surface area contributed by atoms with Gasteiger partial charge in [0.2, 0.25) is 11.8 Å². The van der Waals surface area contributed by atoms with Crippen molar-refractivity contribution in [3.05, 3.63) is 58.3 Å². The van der Waals surface area contributed by atoms with E-state index in [1.54, 1.807) is 18.5 Å². The second kappa shape index (κ2) is 15.8. The Balaban J connectivity index is 1.25. The molecule has 0 aliphatic carbocycles. The van der Waals surface area contributed by atoms with Crippen molar-refractivity contribution in [2.45, 2.75) is 38.8 Å². The molecule has 254 valence electrons. The quantitative estimate of drug-likeness (QED) is 0.275. The van der Waals surface area contributed by atoms with Crippen LogP contribution < -0.4 is 15.4 Å². The molecule has 2 aliphatic heterocycles. The molecule has 0 bridgehead atoms. The SMILES string of the molecule is CC(OC(N)=O)C1CCN(Cc2cc(Oc3cnc(N4CCN(CCCS(C)(=O)=O)CC4)nc3)nc(-c3cc(Cl)cc(Cl)c3)c2)CC1. The number of pyridine rings is 1. The molecule has 12 nitrogen and oxygen atoms in total. The molecule has 2 saturated heterocycles. The largest absolute Gasteiger partial charge is 0.446 e. The van der Waals surface area contributed by atoms with Crippen LogP contribution in [0.3, 0.4) is 0 Å². The third-order valence-electron chi connectivity index (χ3n) is 8.51. The van der Waals surface area contributed by atoms with E-state index in [-0.39, 0.29) is 17.8 Å². The van der Waals surface area contributed by atoms with Gasteiger partial charge < -0.3 is 20.1 Å². The van der Waals surface area contributed by atoms with Gasteiger partial charge in [0, 0.05) is 60.7 Å². The van der Waals surface area contributed by atoms with Crippen LogP contribution in [0.5, 0.6) is 11.6 Å². The van der Waals surface area contributed by atoms with E-state index in [9.17, 15) is 13.2 Å². The van der Waals surface area contributed by atoms with Gasteiger partial charge >= 0.3 is 6.09 Å². The molecule has 2 fully saturated rings. The van der Waals surface area contributed by atoms with Crippen LogP contribution in [0.4, 0.5) is 10.7 Å². The van der Waals surface area contributed by atoms with Crippen LogP contribution in [-0.4, -0.2) is 103 Å². The Kier molecular flexibility index (Phi) is 11.8. The van der Waals surface area contributed by atoms with Crippen LogP contribution in [-0.2, 0) is 21.1 Å². The molecule has 15 heteroatoms. The molecular formula is C32H41Cl2N7O5S. The summed E-state index contributed by atoms with van der Waals surface area (Å²) in [6.07, 6.45) is 6.02. The number of hydrogen-bond acceptors (Lipinski definition) is 11. The van der Waals surface area contributed by atoms with Crippen molar-refractivity contribution in [2.24, 2.45) is 11.7 Å². The predicted molar refractivity (Wildman–Crippen MR) is 183 cm³/mol. The average Bonchev–Trinajstić information content (AvgIpc) is 3.01. The molecule has 4 heterocycles. The zero-order valence-corrected chi connectivity index (χ0v) is 29.0. The number of rotatable bonds is 12. The molecule has 0 spiro atoms. The molecule has 0 radical (unpaired) electrons. The molecular weight excluding hydrogens is 665 g/mol. The number of carbonyl (C=O) groups is 1. The van der Waals surface area contributed by atoms with Gasteiger partial charge in [-0.1, -0.05) is 23.2 Å². The lowest BCUT2D eigenvalue weighted by Gasteiger charge is -2.34. The highest BCUT2D eigenvalue weighted by molar-refractivity contribution is 7.90. The number of anilines is 1. The number of amides is 1. The van der Waals surface area contributed by atoms with Gasteiger partial charge in [-0.05, 0) is 81.6 Å². The van der Waals surface area contributed by atoms with Gasteiger partial charge in [0.25, 0.3) is 0 Å². The van der Waals surface area contributed by atoms with Crippen molar-refractivity contribution < 1.29 is 22.7 Å². The Morgan fingerprint density at radius 3 is 2.26 bits per heavy atom. The van der Waals surface area contributed by atoms with Crippen molar-refractivity contribution in [3.8, 4) is 22.9 Å². The average molecular weight is 707 g/mol. The molecule has 2 N–H and O–H groups in total. The molecule has 1 atom stereocenters. The number of aromatic nitrogens is 3. The number of likely N-dealkylation sites (tertiary alicyclic amines) is 1. The molecule has 3 aromatic rings. The first-order chi connectivity index (χ1) is 22.4. The lowest BCUT2D eigenvalue weighted by atomic mass is 9.92. The topological polar surface area (TPSA) is 144 Å². The summed E-state index contributed by atoms with van der Waals surface area (Å²) in [4.78, 5) is 31.8. The van der Waals surface area contributed by atoms with Crippen LogP contribution in [0.15, 0.2) is 42.7 Å². The first-order valence-corrected chi connectivity index (χ1v) is 18.5. The maximum Gasteiger partial charge on any atom is 0.404 e. The third kappa shape index (κ3) is 10.6. The van der Waals surface area contributed by atoms with E-state index in [0.717, 1.165) is 69.8 Å². The molecule has 0 saturated carbocycles. The van der Waals surface area contributed by atoms with Gasteiger partial charge in [-0.25, -0.2) is 28.2 Å². The number of piperidine rings is 1. The summed E-state index contributed by atoms with van der Waals surface area (Å²) in [5.74, 6) is 1.93. The first-order valence-electron chi connectivity index (χ1n) is 15.7. The van der Waals surface area contributed by atoms with Crippen molar-refractivity contribution >= 4 is 45.1 Å². The Bertz CT molecular complexity index is 1610. The third-order valence-corrected chi connectivity index (χ3v) is 9.97. The van der Waals surface area contributed by atoms with Crippen molar-refractivity contribution in [3.63, 3.8) is 0 Å². The fraction of sp³-hybridized carbons (Fsp3) is 0.500. The summed E-state index contributed by atoms with van der Waals surface area (Å²) < 4.78 is 34.3. The van der Waals surface area contributed by atoms with E-state index < -0.39 is 15.9 Å². The standard InChI is InChI=1S/C32H41Cl2N7O5S/c1-22(45-31(35)42)24-4-7-40(8-5-24)21-23-14-29(25-16-26(33)18-27(34)17-25)38-30(15-23)46-28-19-36-32(37-20-28)41-11-9-39(10-12-41)6-3-13-47(2,43)44/h14-20,22,24H,3-13,21H2,1-2H3,(H2,35,42). The summed E-state index contributed by atoms with van der Waals surface area (Å²) in [5.41, 5.74) is 7.67. The number of ether oxygens (including phenoxy) is 2. The van der Waals surface area contributed by atoms with Gasteiger partial charge in [0.15, 0.2) is 5.75 Å². The van der Waals surface area contributed by atoms with Gasteiger partial charge in [-0.3, -0.25) is 9.80 Å². The maximum atomic E-state index is 11.4. The van der Waals surface area contributed by atoms with Crippen molar-refractivity contribution in [2.75, 3.05) is 62.7 Å². The highest BCUT2D eigenvalue weighted by Crippen LogP contribution is 2.31. The summed E-state index contributed by atoms with van der Waals surface area (Å²) in [5, 5.41) is 1.02. The lowest BCUT2D eigenvalue weighted by Crippen LogP contribution is -2.47. The Labute approximate surface area is 286 Å². The van der Waals surface area contributed by atoms with E-state index in [1.807, 2.05) is 31.2 Å². The van der Waals surface area contributed by atoms with Crippen LogP contribution in [0.25, 0.3) is 11.3 Å². The minimum Gasteiger partial charge on any atom is -0.446 e. The zero-order valence-electron chi connectivity index (χ0n) is 26.6. The lowest BCUT2D eigenvalue weighted by molar-refractivity contribution is 0.0478. The number of sulfone groups is 1. The Hall–Kier alpha value is -3.23. The smallest absolute Gasteiger partial charge is 0.404 e. The van der Waals surface area contributed by atoms with E-state index in [0.29, 0.717) is 46.3 Å².